The Morgan fingerprint density at radius 3 is 2.92 bits per heavy atom. The molecule has 6 nitrogen and oxygen atoms in total. The van der Waals surface area contributed by atoms with Crippen molar-refractivity contribution in [3.63, 3.8) is 0 Å². The summed E-state index contributed by atoms with van der Waals surface area (Å²) in [6.07, 6.45) is 6.04. The number of amides is 2. The molecule has 6 heteroatoms. The molecule has 2 fully saturated rings. The predicted octanol–water partition coefficient (Wildman–Crippen LogP) is 1.32. The van der Waals surface area contributed by atoms with E-state index in [0.717, 1.165) is 5.69 Å². The average molecular weight is 355 g/mol. The first-order chi connectivity index (χ1) is 12.4. The van der Waals surface area contributed by atoms with Crippen LogP contribution < -0.4 is 5.32 Å². The van der Waals surface area contributed by atoms with E-state index in [-0.39, 0.29) is 30.0 Å². The molecule has 5 unspecified atom stereocenters. The zero-order valence-electron chi connectivity index (χ0n) is 15.4. The van der Waals surface area contributed by atoms with Crippen molar-refractivity contribution < 1.29 is 14.3 Å². The summed E-state index contributed by atoms with van der Waals surface area (Å²) in [5.74, 6) is -0.942. The van der Waals surface area contributed by atoms with Crippen LogP contribution in [0.4, 0.5) is 0 Å². The monoisotopic (exact) mass is 355 g/mol. The number of nitrogens with one attached hydrogen (secondary N) is 1. The molecular weight excluding hydrogens is 330 g/mol. The van der Waals surface area contributed by atoms with Gasteiger partial charge in [0, 0.05) is 30.4 Å². The quantitative estimate of drug-likeness (QED) is 0.809. The van der Waals surface area contributed by atoms with E-state index in [1.54, 1.807) is 6.20 Å². The molecule has 5 atom stereocenters. The first kappa shape index (κ1) is 17.2. The predicted molar refractivity (Wildman–Crippen MR) is 96.1 cm³/mol. The topological polar surface area (TPSA) is 71.5 Å². The molecule has 0 saturated carbocycles. The molecule has 4 heterocycles. The van der Waals surface area contributed by atoms with Crippen LogP contribution in [0.15, 0.2) is 36.5 Å². The van der Waals surface area contributed by atoms with Crippen molar-refractivity contribution in [1.29, 1.82) is 0 Å². The maximum atomic E-state index is 13.0. The molecule has 3 aliphatic heterocycles. The first-order valence-electron chi connectivity index (χ1n) is 9.29. The Bertz CT molecular complexity index is 748. The number of aromatic nitrogens is 1. The summed E-state index contributed by atoms with van der Waals surface area (Å²) in [7, 11) is 0. The molecular formula is C20H25N3O3. The molecule has 0 aromatic carbocycles. The molecule has 138 valence electrons. The number of carbonyl (C=O) groups is 2. The van der Waals surface area contributed by atoms with Gasteiger partial charge in [-0.25, -0.2) is 0 Å². The number of hydrogen-bond acceptors (Lipinski definition) is 4. The number of hydrogen-bond donors (Lipinski definition) is 1. The highest BCUT2D eigenvalue weighted by Gasteiger charge is 2.67. The van der Waals surface area contributed by atoms with Crippen LogP contribution in [-0.4, -0.2) is 52.0 Å². The molecule has 2 amide bonds. The minimum atomic E-state index is -0.627. The summed E-state index contributed by atoms with van der Waals surface area (Å²) >= 11 is 0. The van der Waals surface area contributed by atoms with E-state index in [0.29, 0.717) is 13.0 Å². The van der Waals surface area contributed by atoms with Crippen LogP contribution in [0.3, 0.4) is 0 Å². The van der Waals surface area contributed by atoms with Gasteiger partial charge in [-0.3, -0.25) is 14.6 Å². The van der Waals surface area contributed by atoms with Crippen LogP contribution in [0.2, 0.25) is 0 Å². The van der Waals surface area contributed by atoms with Crippen LogP contribution in [0.1, 0.15) is 26.5 Å². The van der Waals surface area contributed by atoms with Crippen molar-refractivity contribution in [2.45, 2.75) is 51.0 Å². The zero-order chi connectivity index (χ0) is 18.5. The maximum absolute atomic E-state index is 13.0. The van der Waals surface area contributed by atoms with Gasteiger partial charge in [-0.1, -0.05) is 18.2 Å². The number of rotatable bonds is 5. The lowest BCUT2D eigenvalue weighted by Crippen LogP contribution is -2.47. The Morgan fingerprint density at radius 2 is 2.23 bits per heavy atom. The fourth-order valence-electron chi connectivity index (χ4n) is 4.49. The van der Waals surface area contributed by atoms with Gasteiger partial charge < -0.3 is 15.0 Å². The summed E-state index contributed by atoms with van der Waals surface area (Å²) in [6, 6.07) is 5.80. The average Bonchev–Trinajstić information content (AvgIpc) is 3.24. The Kier molecular flexibility index (Phi) is 4.10. The standard InChI is InChI=1S/C20H25N3O3/c1-12(2)23-11-20-8-7-15(26-20)16(17(20)19(23)25)18(24)22-13(3)10-14-6-4-5-9-21-14/h4-9,12-13,15-17H,10-11H2,1-3H3,(H,22,24). The van der Waals surface area contributed by atoms with Crippen molar-refractivity contribution in [3.8, 4) is 0 Å². The van der Waals surface area contributed by atoms with Gasteiger partial charge in [-0.2, -0.15) is 0 Å². The van der Waals surface area contributed by atoms with E-state index in [1.807, 2.05) is 56.0 Å². The maximum Gasteiger partial charge on any atom is 0.230 e. The van der Waals surface area contributed by atoms with Gasteiger partial charge in [0.05, 0.1) is 24.5 Å². The van der Waals surface area contributed by atoms with E-state index in [2.05, 4.69) is 10.3 Å². The highest BCUT2D eigenvalue weighted by Crippen LogP contribution is 2.52. The Balaban J connectivity index is 1.48. The number of fused-ring (bicyclic) bond motifs is 1. The number of nitrogens with zero attached hydrogens (tertiary/aromatic N) is 2. The fraction of sp³-hybridized carbons (Fsp3) is 0.550. The van der Waals surface area contributed by atoms with Crippen LogP contribution in [0.25, 0.3) is 0 Å². The van der Waals surface area contributed by atoms with Gasteiger partial charge in [-0.15, -0.1) is 0 Å². The SMILES string of the molecule is CC(Cc1ccccn1)NC(=O)C1C2C=CC3(CN(C(C)C)C(=O)C13)O2. The molecule has 1 aromatic rings. The summed E-state index contributed by atoms with van der Waals surface area (Å²) < 4.78 is 6.12. The number of carbonyl (C=O) groups excluding carboxylic acids is 2. The Labute approximate surface area is 153 Å². The van der Waals surface area contributed by atoms with Crippen LogP contribution in [-0.2, 0) is 20.7 Å². The van der Waals surface area contributed by atoms with E-state index < -0.39 is 17.4 Å². The van der Waals surface area contributed by atoms with Gasteiger partial charge >= 0.3 is 0 Å². The molecule has 2 saturated heterocycles. The van der Waals surface area contributed by atoms with Crippen molar-refractivity contribution >= 4 is 11.8 Å². The highest BCUT2D eigenvalue weighted by molar-refractivity contribution is 5.93. The highest BCUT2D eigenvalue weighted by atomic mass is 16.5. The summed E-state index contributed by atoms with van der Waals surface area (Å²) in [5.41, 5.74) is 0.307. The molecule has 1 spiro atoms. The van der Waals surface area contributed by atoms with E-state index >= 15 is 0 Å². The third-order valence-electron chi connectivity index (χ3n) is 5.69. The zero-order valence-corrected chi connectivity index (χ0v) is 15.4. The van der Waals surface area contributed by atoms with E-state index in [4.69, 9.17) is 4.74 Å². The summed E-state index contributed by atoms with van der Waals surface area (Å²) in [6.45, 7) is 6.49. The molecule has 26 heavy (non-hydrogen) atoms. The van der Waals surface area contributed by atoms with Crippen molar-refractivity contribution in [1.82, 2.24) is 15.2 Å². The second-order valence-electron chi connectivity index (χ2n) is 7.89. The molecule has 0 aliphatic carbocycles. The fourth-order valence-corrected chi connectivity index (χ4v) is 4.49. The molecule has 1 N–H and O–H groups in total. The van der Waals surface area contributed by atoms with Gasteiger partial charge in [0.15, 0.2) is 0 Å². The number of pyridine rings is 1. The molecule has 3 aliphatic rings. The van der Waals surface area contributed by atoms with Crippen LogP contribution in [0, 0.1) is 11.8 Å². The van der Waals surface area contributed by atoms with Crippen molar-refractivity contribution in [2.75, 3.05) is 6.54 Å². The smallest absolute Gasteiger partial charge is 0.230 e. The Morgan fingerprint density at radius 1 is 1.42 bits per heavy atom. The van der Waals surface area contributed by atoms with E-state index in [1.165, 1.54) is 0 Å². The summed E-state index contributed by atoms with van der Waals surface area (Å²) in [5, 5.41) is 3.07. The lowest BCUT2D eigenvalue weighted by molar-refractivity contribution is -0.138. The minimum Gasteiger partial charge on any atom is -0.360 e. The third-order valence-corrected chi connectivity index (χ3v) is 5.69. The van der Waals surface area contributed by atoms with Crippen molar-refractivity contribution in [3.05, 3.63) is 42.2 Å². The van der Waals surface area contributed by atoms with Crippen LogP contribution >= 0.6 is 0 Å². The second-order valence-corrected chi connectivity index (χ2v) is 7.89. The van der Waals surface area contributed by atoms with E-state index in [9.17, 15) is 9.59 Å². The third kappa shape index (κ3) is 2.63. The minimum absolute atomic E-state index is 0.0318. The lowest BCUT2D eigenvalue weighted by Gasteiger charge is -2.25. The van der Waals surface area contributed by atoms with Gasteiger partial charge in [-0.05, 0) is 32.9 Å². The van der Waals surface area contributed by atoms with Gasteiger partial charge in [0.1, 0.15) is 5.60 Å². The number of likely N-dealkylation sites (tertiary alicyclic amines) is 1. The summed E-state index contributed by atoms with van der Waals surface area (Å²) in [4.78, 5) is 32.0. The van der Waals surface area contributed by atoms with Gasteiger partial charge in [0.2, 0.25) is 11.8 Å². The van der Waals surface area contributed by atoms with Crippen molar-refractivity contribution in [2.24, 2.45) is 11.8 Å². The second kappa shape index (κ2) is 6.20. The normalized spacial score (nSPS) is 33.0. The first-order valence-corrected chi connectivity index (χ1v) is 9.29. The van der Waals surface area contributed by atoms with Gasteiger partial charge in [0.25, 0.3) is 0 Å². The Hall–Kier alpha value is -2.21. The number of ether oxygens (including phenoxy) is 1. The van der Waals surface area contributed by atoms with Crippen LogP contribution in [0.5, 0.6) is 0 Å². The molecule has 4 rings (SSSR count). The molecule has 2 bridgehead atoms. The lowest BCUT2D eigenvalue weighted by atomic mass is 9.76. The molecule has 0 radical (unpaired) electrons. The molecule has 1 aromatic heterocycles. The largest absolute Gasteiger partial charge is 0.360 e.